The summed E-state index contributed by atoms with van der Waals surface area (Å²) in [6, 6.07) is 0. The van der Waals surface area contributed by atoms with E-state index in [1.165, 1.54) is 0 Å². The van der Waals surface area contributed by atoms with Gasteiger partial charge in [0, 0.05) is 11.8 Å². The molecule has 0 spiro atoms. The Morgan fingerprint density at radius 2 is 1.43 bits per heavy atom. The third-order valence-corrected chi connectivity index (χ3v) is 3.83. The molecule has 6 atom stereocenters. The molecule has 0 aromatic rings. The fraction of sp³-hybridized carbons (Fsp3) is 0.778. The summed E-state index contributed by atoms with van der Waals surface area (Å²) >= 11 is 0. The number of carbonyl (C=O) groups is 2. The molecule has 2 bridgehead atoms. The van der Waals surface area contributed by atoms with E-state index in [0.29, 0.717) is 6.42 Å². The minimum Gasteiger partial charge on any atom is -0.481 e. The maximum atomic E-state index is 11.0. The fourth-order valence-electron chi connectivity index (χ4n) is 3.32. The van der Waals surface area contributed by atoms with Crippen LogP contribution in [0.5, 0.6) is 0 Å². The zero-order chi connectivity index (χ0) is 10.0. The summed E-state index contributed by atoms with van der Waals surface area (Å²) in [4.78, 5) is 21.9. The maximum absolute atomic E-state index is 11.0. The zero-order valence-electron chi connectivity index (χ0n) is 7.29. The maximum Gasteiger partial charge on any atom is 0.307 e. The van der Waals surface area contributed by atoms with Crippen LogP contribution in [0.4, 0.5) is 0 Å². The molecule has 0 aromatic carbocycles. The summed E-state index contributed by atoms with van der Waals surface area (Å²) in [6.45, 7) is 0. The molecule has 14 heavy (non-hydrogen) atoms. The Labute approximate surface area is 79.7 Å². The van der Waals surface area contributed by atoms with Crippen molar-refractivity contribution in [1.82, 2.24) is 0 Å². The molecule has 0 radical (unpaired) electrons. The largest absolute Gasteiger partial charge is 0.481 e. The molecule has 0 aromatic heterocycles. The molecule has 1 heterocycles. The van der Waals surface area contributed by atoms with E-state index in [0.717, 1.165) is 0 Å². The molecule has 1 aliphatic heterocycles. The topological polar surface area (TPSA) is 87.1 Å². The second kappa shape index (κ2) is 2.28. The SMILES string of the molecule is O=C(O)[C@@H]1[C@@H]2C[C@@H]([C@H]3O[C@H]23)[C@H]1C(=O)O. The Morgan fingerprint density at radius 1 is 1.00 bits per heavy atom. The van der Waals surface area contributed by atoms with Crippen LogP contribution < -0.4 is 0 Å². The van der Waals surface area contributed by atoms with Crippen LogP contribution in [0.2, 0.25) is 0 Å². The summed E-state index contributed by atoms with van der Waals surface area (Å²) in [5.41, 5.74) is 0. The van der Waals surface area contributed by atoms with E-state index in [-0.39, 0.29) is 24.0 Å². The van der Waals surface area contributed by atoms with Crippen LogP contribution in [0.3, 0.4) is 0 Å². The van der Waals surface area contributed by atoms with Gasteiger partial charge >= 0.3 is 11.9 Å². The van der Waals surface area contributed by atoms with Gasteiger partial charge in [0.2, 0.25) is 0 Å². The second-order valence-electron chi connectivity index (χ2n) is 4.36. The molecule has 0 amide bonds. The predicted octanol–water partition coefficient (Wildman–Crippen LogP) is -0.195. The summed E-state index contributed by atoms with van der Waals surface area (Å²) < 4.78 is 5.27. The van der Waals surface area contributed by atoms with Crippen molar-refractivity contribution in [2.75, 3.05) is 0 Å². The van der Waals surface area contributed by atoms with Gasteiger partial charge in [-0.25, -0.2) is 0 Å². The smallest absolute Gasteiger partial charge is 0.307 e. The molecule has 0 unspecified atom stereocenters. The second-order valence-corrected chi connectivity index (χ2v) is 4.36. The lowest BCUT2D eigenvalue weighted by Gasteiger charge is -2.21. The summed E-state index contributed by atoms with van der Waals surface area (Å²) in [7, 11) is 0. The number of aliphatic carboxylic acids is 2. The molecule has 2 N–H and O–H groups in total. The van der Waals surface area contributed by atoms with Crippen LogP contribution in [0, 0.1) is 23.7 Å². The summed E-state index contributed by atoms with van der Waals surface area (Å²) in [5, 5.41) is 17.9. The first-order chi connectivity index (χ1) is 6.61. The normalized spacial score (nSPS) is 52.9. The number of carboxylic acids is 2. The Bertz CT molecular complexity index is 295. The van der Waals surface area contributed by atoms with Crippen LogP contribution in [0.1, 0.15) is 6.42 Å². The quantitative estimate of drug-likeness (QED) is 0.600. The van der Waals surface area contributed by atoms with Gasteiger partial charge in [-0.2, -0.15) is 0 Å². The molecule has 5 nitrogen and oxygen atoms in total. The van der Waals surface area contributed by atoms with Gasteiger partial charge in [-0.1, -0.05) is 0 Å². The van der Waals surface area contributed by atoms with Gasteiger partial charge in [-0.05, 0) is 6.42 Å². The van der Waals surface area contributed by atoms with Crippen LogP contribution in [0.15, 0.2) is 0 Å². The number of ether oxygens (including phenoxy) is 1. The van der Waals surface area contributed by atoms with Gasteiger partial charge in [-0.3, -0.25) is 9.59 Å². The van der Waals surface area contributed by atoms with E-state index in [1.54, 1.807) is 0 Å². The molecule has 1 saturated heterocycles. The van der Waals surface area contributed by atoms with Gasteiger partial charge in [0.15, 0.2) is 0 Å². The first-order valence-corrected chi connectivity index (χ1v) is 4.72. The Balaban J connectivity index is 1.95. The van der Waals surface area contributed by atoms with Gasteiger partial charge in [0.1, 0.15) is 0 Å². The van der Waals surface area contributed by atoms with E-state index in [2.05, 4.69) is 0 Å². The van der Waals surface area contributed by atoms with Crippen molar-refractivity contribution in [3.05, 3.63) is 0 Å². The predicted molar refractivity (Wildman–Crippen MR) is 42.5 cm³/mol. The molecule has 3 fully saturated rings. The van der Waals surface area contributed by atoms with E-state index < -0.39 is 23.8 Å². The Kier molecular flexibility index (Phi) is 1.34. The molecule has 3 rings (SSSR count). The minimum absolute atomic E-state index is 0.0386. The highest BCUT2D eigenvalue weighted by Crippen LogP contribution is 2.61. The monoisotopic (exact) mass is 198 g/mol. The number of hydrogen-bond donors (Lipinski definition) is 2. The zero-order valence-corrected chi connectivity index (χ0v) is 7.29. The van der Waals surface area contributed by atoms with Gasteiger partial charge in [0.25, 0.3) is 0 Å². The molecular weight excluding hydrogens is 188 g/mol. The first kappa shape index (κ1) is 8.23. The molecule has 76 valence electrons. The van der Waals surface area contributed by atoms with Gasteiger partial charge in [-0.15, -0.1) is 0 Å². The standard InChI is InChI=1S/C9H10O5/c10-8(11)4-2-1-3(5(4)9(12)13)7-6(2)14-7/h2-7H,1H2,(H,10,11)(H,12,13)/t2-,3+,4-,5-,6-,7-/m1/s1. The molecule has 2 aliphatic carbocycles. The van der Waals surface area contributed by atoms with Gasteiger partial charge < -0.3 is 14.9 Å². The molecular formula is C9H10O5. The number of rotatable bonds is 2. The van der Waals surface area contributed by atoms with Gasteiger partial charge in [0.05, 0.1) is 24.0 Å². The number of fused-ring (bicyclic) bond motifs is 5. The van der Waals surface area contributed by atoms with Crippen molar-refractivity contribution < 1.29 is 24.5 Å². The van der Waals surface area contributed by atoms with Crippen molar-refractivity contribution in [1.29, 1.82) is 0 Å². The molecule has 5 heteroatoms. The van der Waals surface area contributed by atoms with E-state index >= 15 is 0 Å². The number of carboxylic acid groups (broad SMARTS) is 2. The number of hydrogen-bond acceptors (Lipinski definition) is 3. The first-order valence-electron chi connectivity index (χ1n) is 4.72. The lowest BCUT2D eigenvalue weighted by Crippen LogP contribution is -2.37. The number of epoxide rings is 1. The highest BCUT2D eigenvalue weighted by molar-refractivity contribution is 5.82. The van der Waals surface area contributed by atoms with Crippen molar-refractivity contribution in [3.63, 3.8) is 0 Å². The summed E-state index contributed by atoms with van der Waals surface area (Å²) in [6.07, 6.45) is 0.789. The van der Waals surface area contributed by atoms with E-state index in [4.69, 9.17) is 14.9 Å². The lowest BCUT2D eigenvalue weighted by atomic mass is 9.79. The van der Waals surface area contributed by atoms with E-state index in [1.807, 2.05) is 0 Å². The van der Waals surface area contributed by atoms with Crippen molar-refractivity contribution >= 4 is 11.9 Å². The third kappa shape index (κ3) is 0.785. The lowest BCUT2D eigenvalue weighted by molar-refractivity contribution is -0.155. The Morgan fingerprint density at radius 3 is 1.79 bits per heavy atom. The van der Waals surface area contributed by atoms with Crippen LogP contribution in [-0.4, -0.2) is 34.4 Å². The minimum atomic E-state index is -0.987. The van der Waals surface area contributed by atoms with E-state index in [9.17, 15) is 9.59 Å². The average Bonchev–Trinajstić information content (AvgIpc) is 2.71. The van der Waals surface area contributed by atoms with Crippen molar-refractivity contribution in [2.45, 2.75) is 18.6 Å². The highest BCUT2D eigenvalue weighted by Gasteiger charge is 2.70. The molecule has 3 aliphatic rings. The van der Waals surface area contributed by atoms with Crippen LogP contribution >= 0.6 is 0 Å². The molecule has 2 saturated carbocycles. The summed E-state index contributed by atoms with van der Waals surface area (Å²) in [5.74, 6) is -3.58. The van der Waals surface area contributed by atoms with Crippen LogP contribution in [0.25, 0.3) is 0 Å². The van der Waals surface area contributed by atoms with Crippen molar-refractivity contribution in [2.24, 2.45) is 23.7 Å². The Hall–Kier alpha value is -1.10. The fourth-order valence-corrected chi connectivity index (χ4v) is 3.32. The third-order valence-electron chi connectivity index (χ3n) is 3.83. The van der Waals surface area contributed by atoms with Crippen molar-refractivity contribution in [3.8, 4) is 0 Å². The van der Waals surface area contributed by atoms with Crippen LogP contribution in [-0.2, 0) is 14.3 Å². The highest BCUT2D eigenvalue weighted by atomic mass is 16.6. The average molecular weight is 198 g/mol.